The van der Waals surface area contributed by atoms with Crippen molar-refractivity contribution in [3.63, 3.8) is 0 Å². The van der Waals surface area contributed by atoms with E-state index in [4.69, 9.17) is 0 Å². The molecule has 0 aliphatic heterocycles. The molecule has 0 radical (unpaired) electrons. The third kappa shape index (κ3) is 4.23. The summed E-state index contributed by atoms with van der Waals surface area (Å²) in [5.74, 6) is 1.95. The van der Waals surface area contributed by atoms with Gasteiger partial charge in [0.15, 0.2) is 5.82 Å². The van der Waals surface area contributed by atoms with Crippen molar-refractivity contribution in [3.8, 4) is 0 Å². The van der Waals surface area contributed by atoms with Crippen LogP contribution in [0.2, 0.25) is 0 Å². The first-order valence-electron chi connectivity index (χ1n) is 4.25. The van der Waals surface area contributed by atoms with Crippen LogP contribution in [0.25, 0.3) is 0 Å². The van der Waals surface area contributed by atoms with Crippen LogP contribution in [0.5, 0.6) is 0 Å². The zero-order valence-electron chi connectivity index (χ0n) is 8.03. The number of nitrogens with zero attached hydrogens (tertiary/aromatic N) is 4. The summed E-state index contributed by atoms with van der Waals surface area (Å²) in [7, 11) is 1.77. The second kappa shape index (κ2) is 5.93. The van der Waals surface area contributed by atoms with Crippen LogP contribution < -0.4 is 5.32 Å². The molecule has 6 heteroatoms. The molecular weight excluding hydrogens is 186 g/mol. The Bertz CT molecular complexity index is 237. The molecule has 0 aliphatic carbocycles. The van der Waals surface area contributed by atoms with E-state index in [1.54, 1.807) is 7.05 Å². The van der Waals surface area contributed by atoms with E-state index in [1.165, 1.54) is 17.0 Å². The summed E-state index contributed by atoms with van der Waals surface area (Å²) in [4.78, 5) is 1.47. The molecule has 0 saturated carbocycles. The van der Waals surface area contributed by atoms with Gasteiger partial charge < -0.3 is 5.32 Å². The lowest BCUT2D eigenvalue weighted by Gasteiger charge is -1.99. The first-order valence-corrected chi connectivity index (χ1v) is 5.65. The molecule has 1 heterocycles. The fourth-order valence-electron chi connectivity index (χ4n) is 0.936. The van der Waals surface area contributed by atoms with Gasteiger partial charge in [0.05, 0.1) is 13.6 Å². The van der Waals surface area contributed by atoms with E-state index in [1.807, 2.05) is 11.8 Å². The van der Waals surface area contributed by atoms with E-state index in [0.717, 1.165) is 12.4 Å². The Morgan fingerprint density at radius 2 is 2.38 bits per heavy atom. The van der Waals surface area contributed by atoms with Gasteiger partial charge in [-0.2, -0.15) is 16.6 Å². The highest BCUT2D eigenvalue weighted by Crippen LogP contribution is 1.93. The monoisotopic (exact) mass is 201 g/mol. The van der Waals surface area contributed by atoms with Crippen molar-refractivity contribution >= 4 is 11.8 Å². The third-order valence-corrected chi connectivity index (χ3v) is 2.23. The van der Waals surface area contributed by atoms with Gasteiger partial charge in [-0.05, 0) is 30.2 Å². The minimum atomic E-state index is 0.711. The number of nitrogens with one attached hydrogen (secondary N) is 1. The van der Waals surface area contributed by atoms with Gasteiger partial charge in [0.2, 0.25) is 0 Å². The summed E-state index contributed by atoms with van der Waals surface area (Å²) >= 11 is 1.86. The maximum atomic E-state index is 4.06. The van der Waals surface area contributed by atoms with Crippen LogP contribution in [-0.4, -0.2) is 38.8 Å². The van der Waals surface area contributed by atoms with Crippen LogP contribution >= 0.6 is 11.8 Å². The van der Waals surface area contributed by atoms with Gasteiger partial charge in [0, 0.05) is 0 Å². The average Bonchev–Trinajstić information content (AvgIpc) is 2.51. The zero-order valence-corrected chi connectivity index (χ0v) is 8.84. The van der Waals surface area contributed by atoms with Gasteiger partial charge in [-0.3, -0.25) is 0 Å². The van der Waals surface area contributed by atoms with E-state index >= 15 is 0 Å². The third-order valence-electron chi connectivity index (χ3n) is 1.53. The normalized spacial score (nSPS) is 10.6. The Morgan fingerprint density at radius 3 is 3.00 bits per heavy atom. The van der Waals surface area contributed by atoms with Crippen molar-refractivity contribution in [1.29, 1.82) is 0 Å². The Morgan fingerprint density at radius 1 is 1.54 bits per heavy atom. The second-order valence-electron chi connectivity index (χ2n) is 2.72. The van der Waals surface area contributed by atoms with Crippen molar-refractivity contribution in [3.05, 3.63) is 5.82 Å². The van der Waals surface area contributed by atoms with E-state index < -0.39 is 0 Å². The number of thioether (sulfide) groups is 1. The number of hydrogen-bond acceptors (Lipinski definition) is 5. The van der Waals surface area contributed by atoms with Crippen molar-refractivity contribution < 1.29 is 0 Å². The number of rotatable bonds is 6. The van der Waals surface area contributed by atoms with Crippen molar-refractivity contribution in [2.45, 2.75) is 13.0 Å². The Kier molecular flexibility index (Phi) is 4.77. The number of hydrogen-bond donors (Lipinski definition) is 1. The van der Waals surface area contributed by atoms with E-state index in [0.29, 0.717) is 6.54 Å². The molecule has 74 valence electrons. The lowest BCUT2D eigenvalue weighted by atomic mass is 10.4. The minimum Gasteiger partial charge on any atom is -0.310 e. The SMILES string of the molecule is CSCCCNCc1nnn(C)n1. The van der Waals surface area contributed by atoms with Gasteiger partial charge in [-0.15, -0.1) is 10.2 Å². The van der Waals surface area contributed by atoms with E-state index in [2.05, 4.69) is 27.0 Å². The molecule has 5 nitrogen and oxygen atoms in total. The maximum Gasteiger partial charge on any atom is 0.188 e. The molecule has 0 saturated heterocycles. The molecule has 0 bridgehead atoms. The molecule has 1 aromatic heterocycles. The Labute approximate surface area is 82.3 Å². The van der Waals surface area contributed by atoms with Crippen LogP contribution in [0, 0.1) is 0 Å². The van der Waals surface area contributed by atoms with Gasteiger partial charge >= 0.3 is 0 Å². The molecule has 1 N–H and O–H groups in total. The van der Waals surface area contributed by atoms with Crippen molar-refractivity contribution in [2.75, 3.05) is 18.6 Å². The van der Waals surface area contributed by atoms with Crippen molar-refractivity contribution in [2.24, 2.45) is 7.05 Å². The predicted octanol–water partition coefficient (Wildman–Crippen LogP) is 0.0528. The molecule has 13 heavy (non-hydrogen) atoms. The zero-order chi connectivity index (χ0) is 9.52. The molecule has 0 fully saturated rings. The molecule has 0 aliphatic rings. The molecule has 0 amide bonds. The number of tetrazole rings is 1. The van der Waals surface area contributed by atoms with Crippen LogP contribution in [0.4, 0.5) is 0 Å². The maximum absolute atomic E-state index is 4.06. The molecule has 1 rings (SSSR count). The lowest BCUT2D eigenvalue weighted by molar-refractivity contribution is 0.618. The fraction of sp³-hybridized carbons (Fsp3) is 0.857. The van der Waals surface area contributed by atoms with Crippen LogP contribution in [0.1, 0.15) is 12.2 Å². The number of aromatic nitrogens is 4. The summed E-state index contributed by atoms with van der Waals surface area (Å²) in [6.45, 7) is 1.72. The summed E-state index contributed by atoms with van der Waals surface area (Å²) in [6, 6.07) is 0. The number of aryl methyl sites for hydroxylation is 1. The standard InChI is InChI=1S/C7H15N5S/c1-12-10-7(9-11-12)6-8-4-3-5-13-2/h8H,3-6H2,1-2H3. The van der Waals surface area contributed by atoms with Gasteiger partial charge in [0.25, 0.3) is 0 Å². The highest BCUT2D eigenvalue weighted by atomic mass is 32.2. The Balaban J connectivity index is 2.06. The molecule has 0 aromatic carbocycles. The lowest BCUT2D eigenvalue weighted by Crippen LogP contribution is -2.16. The van der Waals surface area contributed by atoms with Crippen LogP contribution in [0.15, 0.2) is 0 Å². The summed E-state index contributed by atoms with van der Waals surface area (Å²) in [5, 5.41) is 14.9. The van der Waals surface area contributed by atoms with E-state index in [-0.39, 0.29) is 0 Å². The fourth-order valence-corrected chi connectivity index (χ4v) is 1.37. The van der Waals surface area contributed by atoms with Gasteiger partial charge in [-0.1, -0.05) is 0 Å². The second-order valence-corrected chi connectivity index (χ2v) is 3.70. The van der Waals surface area contributed by atoms with Crippen LogP contribution in [-0.2, 0) is 13.6 Å². The molecule has 0 unspecified atom stereocenters. The van der Waals surface area contributed by atoms with Crippen LogP contribution in [0.3, 0.4) is 0 Å². The highest BCUT2D eigenvalue weighted by molar-refractivity contribution is 7.98. The topological polar surface area (TPSA) is 55.6 Å². The highest BCUT2D eigenvalue weighted by Gasteiger charge is 1.97. The predicted molar refractivity (Wildman–Crippen MR) is 53.5 cm³/mol. The largest absolute Gasteiger partial charge is 0.310 e. The first-order chi connectivity index (χ1) is 6.33. The molecule has 1 aromatic rings. The molecular formula is C7H15N5S. The molecule has 0 spiro atoms. The smallest absolute Gasteiger partial charge is 0.188 e. The Hall–Kier alpha value is -0.620. The summed E-state index contributed by atoms with van der Waals surface area (Å²) < 4.78 is 0. The molecule has 0 atom stereocenters. The first kappa shape index (κ1) is 10.5. The van der Waals surface area contributed by atoms with Gasteiger partial charge in [0.1, 0.15) is 0 Å². The van der Waals surface area contributed by atoms with Gasteiger partial charge in [-0.25, -0.2) is 0 Å². The average molecular weight is 201 g/mol. The minimum absolute atomic E-state index is 0.711. The van der Waals surface area contributed by atoms with Crippen molar-refractivity contribution in [1.82, 2.24) is 25.5 Å². The van der Waals surface area contributed by atoms with E-state index in [9.17, 15) is 0 Å². The summed E-state index contributed by atoms with van der Waals surface area (Å²) in [6.07, 6.45) is 3.30. The summed E-state index contributed by atoms with van der Waals surface area (Å²) in [5.41, 5.74) is 0. The quantitative estimate of drug-likeness (QED) is 0.659.